The van der Waals surface area contributed by atoms with Crippen molar-refractivity contribution in [1.29, 1.82) is 0 Å². The molecule has 3 rings (SSSR count). The number of piperazine rings is 1. The van der Waals surface area contributed by atoms with Gasteiger partial charge in [-0.1, -0.05) is 29.4 Å². The highest BCUT2D eigenvalue weighted by molar-refractivity contribution is 5.39. The quantitative estimate of drug-likeness (QED) is 0.941. The van der Waals surface area contributed by atoms with E-state index >= 15 is 0 Å². The minimum atomic E-state index is 0.236. The highest BCUT2D eigenvalue weighted by atomic mass is 16.5. The first-order valence-electron chi connectivity index (χ1n) is 7.61. The molecule has 1 fully saturated rings. The third-order valence-corrected chi connectivity index (χ3v) is 4.36. The molecular weight excluding hydrogens is 262 g/mol. The Kier molecular flexibility index (Phi) is 4.08. The molecule has 0 saturated carbocycles. The molecule has 1 aromatic carbocycles. The first-order valence-corrected chi connectivity index (χ1v) is 7.61. The van der Waals surface area contributed by atoms with Crippen LogP contribution in [0, 0.1) is 20.8 Å². The van der Waals surface area contributed by atoms with Gasteiger partial charge in [-0.2, -0.15) is 0 Å². The van der Waals surface area contributed by atoms with Gasteiger partial charge in [0.25, 0.3) is 0 Å². The van der Waals surface area contributed by atoms with Crippen LogP contribution in [-0.2, 0) is 0 Å². The summed E-state index contributed by atoms with van der Waals surface area (Å²) >= 11 is 0. The van der Waals surface area contributed by atoms with Crippen molar-refractivity contribution >= 4 is 0 Å². The summed E-state index contributed by atoms with van der Waals surface area (Å²) in [6.45, 7) is 10.4. The predicted octanol–water partition coefficient (Wildman–Crippen LogP) is 2.59. The zero-order valence-corrected chi connectivity index (χ0v) is 13.0. The Labute approximate surface area is 126 Å². The lowest BCUT2D eigenvalue weighted by atomic mass is 9.92. The van der Waals surface area contributed by atoms with E-state index in [4.69, 9.17) is 4.52 Å². The van der Waals surface area contributed by atoms with Gasteiger partial charge in [0, 0.05) is 31.7 Å². The van der Waals surface area contributed by atoms with Crippen molar-refractivity contribution in [3.8, 4) is 0 Å². The summed E-state index contributed by atoms with van der Waals surface area (Å²) in [6, 6.07) is 8.87. The number of rotatable bonds is 3. The van der Waals surface area contributed by atoms with Crippen molar-refractivity contribution in [3.63, 3.8) is 0 Å². The highest BCUT2D eigenvalue weighted by Crippen LogP contribution is 2.34. The largest absolute Gasteiger partial charge is 0.361 e. The van der Waals surface area contributed by atoms with Crippen LogP contribution in [0.3, 0.4) is 0 Å². The third-order valence-electron chi connectivity index (χ3n) is 4.36. The van der Waals surface area contributed by atoms with E-state index in [-0.39, 0.29) is 6.04 Å². The molecule has 1 saturated heterocycles. The molecule has 0 radical (unpaired) electrons. The van der Waals surface area contributed by atoms with Gasteiger partial charge in [0.2, 0.25) is 0 Å². The van der Waals surface area contributed by atoms with Crippen LogP contribution in [0.5, 0.6) is 0 Å². The summed E-state index contributed by atoms with van der Waals surface area (Å²) in [4.78, 5) is 2.53. The summed E-state index contributed by atoms with van der Waals surface area (Å²) in [5.41, 5.74) is 4.90. The average molecular weight is 285 g/mol. The fraction of sp³-hybridized carbons (Fsp3) is 0.471. The summed E-state index contributed by atoms with van der Waals surface area (Å²) in [6.07, 6.45) is 0. The van der Waals surface area contributed by atoms with Crippen LogP contribution in [0.2, 0.25) is 0 Å². The number of nitrogens with zero attached hydrogens (tertiary/aromatic N) is 2. The van der Waals surface area contributed by atoms with Crippen LogP contribution in [-0.4, -0.2) is 36.2 Å². The molecule has 1 aliphatic rings. The Morgan fingerprint density at radius 2 is 1.86 bits per heavy atom. The molecule has 21 heavy (non-hydrogen) atoms. The fourth-order valence-electron chi connectivity index (χ4n) is 3.25. The van der Waals surface area contributed by atoms with E-state index in [1.165, 1.54) is 16.7 Å². The van der Waals surface area contributed by atoms with Gasteiger partial charge in [0.1, 0.15) is 5.76 Å². The molecule has 1 atom stereocenters. The van der Waals surface area contributed by atoms with Crippen molar-refractivity contribution in [1.82, 2.24) is 15.4 Å². The first kappa shape index (κ1) is 14.3. The van der Waals surface area contributed by atoms with E-state index < -0.39 is 0 Å². The Hall–Kier alpha value is -1.65. The molecule has 4 heteroatoms. The predicted molar refractivity (Wildman–Crippen MR) is 83.4 cm³/mol. The van der Waals surface area contributed by atoms with Gasteiger partial charge >= 0.3 is 0 Å². The lowest BCUT2D eigenvalue weighted by molar-refractivity contribution is 0.196. The topological polar surface area (TPSA) is 41.3 Å². The molecule has 1 aromatic heterocycles. The summed E-state index contributed by atoms with van der Waals surface area (Å²) in [7, 11) is 0. The monoisotopic (exact) mass is 285 g/mol. The molecule has 2 heterocycles. The zero-order valence-electron chi connectivity index (χ0n) is 13.0. The average Bonchev–Trinajstić information content (AvgIpc) is 2.83. The summed E-state index contributed by atoms with van der Waals surface area (Å²) in [5, 5.41) is 7.60. The molecule has 2 aromatic rings. The number of hydrogen-bond donors (Lipinski definition) is 1. The van der Waals surface area contributed by atoms with Gasteiger partial charge < -0.3 is 9.84 Å². The number of nitrogens with one attached hydrogen (secondary N) is 1. The standard InChI is InChI=1S/C17H23N3O/c1-12-6-4-5-7-15(12)17(20-10-8-18-9-11-20)16-13(2)19-21-14(16)3/h4-7,17-18H,8-11H2,1-3H3. The van der Waals surface area contributed by atoms with E-state index in [2.05, 4.69) is 46.6 Å². The van der Waals surface area contributed by atoms with Crippen molar-refractivity contribution in [2.24, 2.45) is 0 Å². The molecule has 0 amide bonds. The minimum absolute atomic E-state index is 0.236. The summed E-state index contributed by atoms with van der Waals surface area (Å²) in [5.74, 6) is 0.930. The van der Waals surface area contributed by atoms with Crippen LogP contribution in [0.15, 0.2) is 28.8 Å². The van der Waals surface area contributed by atoms with E-state index in [0.29, 0.717) is 0 Å². The molecule has 1 aliphatic heterocycles. The number of aryl methyl sites for hydroxylation is 3. The SMILES string of the molecule is Cc1ccccc1C(c1c(C)noc1C)N1CCNCC1. The molecule has 0 aliphatic carbocycles. The summed E-state index contributed by atoms with van der Waals surface area (Å²) < 4.78 is 5.44. The van der Waals surface area contributed by atoms with Crippen molar-refractivity contribution in [2.75, 3.05) is 26.2 Å². The lowest BCUT2D eigenvalue weighted by Gasteiger charge is -2.36. The van der Waals surface area contributed by atoms with Crippen LogP contribution in [0.4, 0.5) is 0 Å². The lowest BCUT2D eigenvalue weighted by Crippen LogP contribution is -2.45. The highest BCUT2D eigenvalue weighted by Gasteiger charge is 2.29. The van der Waals surface area contributed by atoms with E-state index in [0.717, 1.165) is 37.6 Å². The van der Waals surface area contributed by atoms with Crippen molar-refractivity contribution in [3.05, 3.63) is 52.4 Å². The molecule has 112 valence electrons. The van der Waals surface area contributed by atoms with Crippen LogP contribution < -0.4 is 5.32 Å². The third kappa shape index (κ3) is 2.74. The Bertz CT molecular complexity index is 595. The zero-order chi connectivity index (χ0) is 14.8. The normalized spacial score (nSPS) is 17.9. The van der Waals surface area contributed by atoms with Crippen LogP contribution >= 0.6 is 0 Å². The smallest absolute Gasteiger partial charge is 0.139 e. The van der Waals surface area contributed by atoms with E-state index in [1.54, 1.807) is 0 Å². The van der Waals surface area contributed by atoms with E-state index in [1.807, 2.05) is 13.8 Å². The molecule has 1 N–H and O–H groups in total. The second-order valence-electron chi connectivity index (χ2n) is 5.78. The maximum absolute atomic E-state index is 5.44. The van der Waals surface area contributed by atoms with Crippen molar-refractivity contribution < 1.29 is 4.52 Å². The molecular formula is C17H23N3O. The molecule has 0 spiro atoms. The number of aromatic nitrogens is 1. The minimum Gasteiger partial charge on any atom is -0.361 e. The second kappa shape index (κ2) is 6.00. The Balaban J connectivity index is 2.09. The second-order valence-corrected chi connectivity index (χ2v) is 5.78. The maximum atomic E-state index is 5.44. The molecule has 0 bridgehead atoms. The van der Waals surface area contributed by atoms with Gasteiger partial charge in [-0.05, 0) is 31.9 Å². The first-order chi connectivity index (χ1) is 10.2. The van der Waals surface area contributed by atoms with Gasteiger partial charge in [0.05, 0.1) is 11.7 Å². The molecule has 4 nitrogen and oxygen atoms in total. The van der Waals surface area contributed by atoms with Gasteiger partial charge in [-0.3, -0.25) is 4.90 Å². The van der Waals surface area contributed by atoms with Gasteiger partial charge in [0.15, 0.2) is 0 Å². The van der Waals surface area contributed by atoms with E-state index in [9.17, 15) is 0 Å². The molecule has 1 unspecified atom stereocenters. The fourth-order valence-corrected chi connectivity index (χ4v) is 3.25. The van der Waals surface area contributed by atoms with Crippen LogP contribution in [0.25, 0.3) is 0 Å². The maximum Gasteiger partial charge on any atom is 0.139 e. The Morgan fingerprint density at radius 3 is 2.48 bits per heavy atom. The number of benzene rings is 1. The Morgan fingerprint density at radius 1 is 1.14 bits per heavy atom. The van der Waals surface area contributed by atoms with Crippen molar-refractivity contribution in [2.45, 2.75) is 26.8 Å². The van der Waals surface area contributed by atoms with Gasteiger partial charge in [-0.15, -0.1) is 0 Å². The van der Waals surface area contributed by atoms with Gasteiger partial charge in [-0.25, -0.2) is 0 Å². The number of hydrogen-bond acceptors (Lipinski definition) is 4. The van der Waals surface area contributed by atoms with Crippen LogP contribution in [0.1, 0.15) is 34.2 Å².